The summed E-state index contributed by atoms with van der Waals surface area (Å²) < 4.78 is -3.16. The van der Waals surface area contributed by atoms with Crippen LogP contribution in [0.1, 0.15) is 0 Å². The van der Waals surface area contributed by atoms with Crippen LogP contribution in [0, 0.1) is 34.1 Å². The molecular formula is C9H23Au2I2P2-2. The second kappa shape index (κ2) is 8.87. The van der Waals surface area contributed by atoms with Crippen molar-refractivity contribution in [1.82, 2.24) is 0 Å². The largest absolute Gasteiger partial charge is 0.358 e. The minimum Gasteiger partial charge on any atom is -0.358 e. The number of hydrogen-bond acceptors (Lipinski definition) is 0. The standard InChI is InChI=1S/2C4H10IP.CH3.2Au/c2*1-6(2,3,4)5;;;/h2*1-2H2,3-4H3;1H3;;/q2*-2;-1;;+3. The maximum Gasteiger partial charge on any atom is -0.358 e. The Morgan fingerprint density at radius 3 is 0.733 bits per heavy atom. The van der Waals surface area contributed by atoms with Crippen molar-refractivity contribution in [3.8, 4) is 0 Å². The normalized spacial score (nSPS) is 15.3. The average Bonchev–Trinajstić information content (AvgIpc) is 1.02. The fourth-order valence-electron chi connectivity index (χ4n) is 0. The van der Waals surface area contributed by atoms with E-state index in [2.05, 4.69) is 97.4 Å². The van der Waals surface area contributed by atoms with Gasteiger partial charge in [-0.25, -0.2) is 0 Å². The van der Waals surface area contributed by atoms with E-state index in [0.717, 1.165) is 0 Å². The van der Waals surface area contributed by atoms with Gasteiger partial charge in [-0.15, -0.1) is 0 Å². The third-order valence-electron chi connectivity index (χ3n) is 0. The third-order valence-corrected chi connectivity index (χ3v) is 0. The molecule has 0 amide bonds. The van der Waals surface area contributed by atoms with Gasteiger partial charge in [0.15, 0.2) is 0 Å². The first-order valence-electron chi connectivity index (χ1n) is 3.39. The van der Waals surface area contributed by atoms with Crippen molar-refractivity contribution in [2.75, 3.05) is 26.7 Å². The molecule has 0 aromatic rings. The van der Waals surface area contributed by atoms with Gasteiger partial charge in [-0.1, -0.05) is 0 Å². The molecule has 0 unspecified atom stereocenters. The van der Waals surface area contributed by atoms with Gasteiger partial charge in [0.2, 0.25) is 0 Å². The molecule has 107 valence electrons. The first kappa shape index (κ1) is 31.3. The molecule has 0 aliphatic heterocycles. The van der Waals surface area contributed by atoms with Crippen LogP contribution in [0.3, 0.4) is 0 Å². The molecule has 0 spiro atoms. The van der Waals surface area contributed by atoms with Crippen LogP contribution in [-0.4, -0.2) is 26.7 Å². The topological polar surface area (TPSA) is 0 Å². The number of rotatable bonds is 0. The monoisotopic (exact) mass is 841 g/mol. The van der Waals surface area contributed by atoms with Crippen LogP contribution in [0.2, 0.25) is 0 Å². The van der Waals surface area contributed by atoms with Gasteiger partial charge in [0.25, 0.3) is 0 Å². The number of hydrogen-bond donors (Lipinski definition) is 0. The Morgan fingerprint density at radius 1 is 0.733 bits per heavy atom. The van der Waals surface area contributed by atoms with Crippen molar-refractivity contribution in [3.05, 3.63) is 34.1 Å². The van der Waals surface area contributed by atoms with Crippen LogP contribution in [0.5, 0.6) is 0 Å². The van der Waals surface area contributed by atoms with E-state index in [-0.39, 0.29) is 52.2 Å². The molecule has 0 saturated heterocycles. The van der Waals surface area contributed by atoms with Crippen molar-refractivity contribution >= 4 is 52.6 Å². The summed E-state index contributed by atoms with van der Waals surface area (Å²) in [5, 5.41) is 0. The fraction of sp³-hybridized carbons (Fsp3) is 0.444. The Kier molecular flexibility index (Phi) is 18.5. The summed E-state index contributed by atoms with van der Waals surface area (Å²) in [5.41, 5.74) is 0. The van der Waals surface area contributed by atoms with Gasteiger partial charge in [0.1, 0.15) is 0 Å². The van der Waals surface area contributed by atoms with Gasteiger partial charge in [-0.3, -0.25) is 0 Å². The Bertz CT molecular complexity index is 111. The van der Waals surface area contributed by atoms with E-state index in [4.69, 9.17) is 0 Å². The van der Waals surface area contributed by atoms with E-state index in [1.165, 1.54) is 0 Å². The molecule has 0 rings (SSSR count). The van der Waals surface area contributed by atoms with Gasteiger partial charge < -0.3 is 7.43 Å². The second-order valence-corrected chi connectivity index (χ2v) is 34.8. The van der Waals surface area contributed by atoms with Crippen molar-refractivity contribution < 1.29 is 44.8 Å². The van der Waals surface area contributed by atoms with Crippen LogP contribution in [0.25, 0.3) is 0 Å². The fourth-order valence-corrected chi connectivity index (χ4v) is 0. The molecule has 0 bridgehead atoms. The van der Waals surface area contributed by atoms with Crippen molar-refractivity contribution in [2.45, 2.75) is 0 Å². The first-order chi connectivity index (χ1) is 4.47. The SMILES string of the molecule is [Au+3].[Au].[CH2-]P([CH2-])(C)(C)I.[CH2-]P([CH2-])(C)(C)I.[CH3-]. The Balaban J connectivity index is -0.0000000370. The van der Waals surface area contributed by atoms with Crippen molar-refractivity contribution in [3.63, 3.8) is 0 Å². The van der Waals surface area contributed by atoms with E-state index in [9.17, 15) is 0 Å². The maximum atomic E-state index is 3.91. The van der Waals surface area contributed by atoms with E-state index in [1.54, 1.807) is 0 Å². The quantitative estimate of drug-likeness (QED) is 0.123. The summed E-state index contributed by atoms with van der Waals surface area (Å²) in [4.78, 5) is 0. The summed E-state index contributed by atoms with van der Waals surface area (Å²) >= 11 is 4.64. The molecule has 15 heavy (non-hydrogen) atoms. The zero-order chi connectivity index (χ0) is 10.9. The summed E-state index contributed by atoms with van der Waals surface area (Å²) in [6, 6.07) is 0. The molecule has 0 saturated carbocycles. The van der Waals surface area contributed by atoms with Gasteiger partial charge >= 0.3 is 128 Å². The molecule has 0 aromatic carbocycles. The van der Waals surface area contributed by atoms with Gasteiger partial charge in [0.05, 0.1) is 0 Å². The van der Waals surface area contributed by atoms with E-state index in [1.807, 2.05) is 0 Å². The second-order valence-electron chi connectivity index (χ2n) is 5.03. The summed E-state index contributed by atoms with van der Waals surface area (Å²) in [7, 11) is 0. The summed E-state index contributed by atoms with van der Waals surface area (Å²) in [6.45, 7) is 24.0. The van der Waals surface area contributed by atoms with Crippen LogP contribution in [-0.2, 0) is 44.8 Å². The molecule has 1 radical (unpaired) electrons. The Hall–Kier alpha value is 3.80. The molecule has 0 aromatic heterocycles. The predicted octanol–water partition coefficient (Wildman–Crippen LogP) is 5.91. The zero-order valence-corrected chi connectivity index (χ0v) is 20.5. The van der Waals surface area contributed by atoms with Crippen molar-refractivity contribution in [1.29, 1.82) is 0 Å². The number of halogens is 2. The van der Waals surface area contributed by atoms with Crippen LogP contribution in [0.4, 0.5) is 0 Å². The molecule has 6 heteroatoms. The zero-order valence-electron chi connectivity index (χ0n) is 10.1. The molecule has 0 atom stereocenters. The first-order valence-corrected chi connectivity index (χ1v) is 16.0. The summed E-state index contributed by atoms with van der Waals surface area (Å²) in [6.07, 6.45) is 0. The predicted molar refractivity (Wildman–Crippen MR) is 93.4 cm³/mol. The van der Waals surface area contributed by atoms with E-state index < -0.39 is 8.49 Å². The molecule has 0 N–H and O–H groups in total. The summed E-state index contributed by atoms with van der Waals surface area (Å²) in [5.74, 6) is 0. The van der Waals surface area contributed by atoms with Gasteiger partial charge in [-0.2, -0.15) is 0 Å². The average molecular weight is 841 g/mol. The Labute approximate surface area is 155 Å². The molecule has 0 aliphatic carbocycles. The van der Waals surface area contributed by atoms with Crippen LogP contribution in [0.15, 0.2) is 0 Å². The van der Waals surface area contributed by atoms with Gasteiger partial charge in [0, 0.05) is 22.4 Å². The smallest absolute Gasteiger partial charge is 0.358 e. The third kappa shape index (κ3) is 308. The molecule has 0 heterocycles. The van der Waals surface area contributed by atoms with Gasteiger partial charge in [-0.05, 0) is 0 Å². The molecule has 0 nitrogen and oxygen atoms in total. The minimum absolute atomic E-state index is 0. The minimum atomic E-state index is -1.58. The molecule has 0 fully saturated rings. The van der Waals surface area contributed by atoms with E-state index >= 15 is 0 Å². The van der Waals surface area contributed by atoms with Crippen LogP contribution < -0.4 is 0 Å². The maximum absolute atomic E-state index is 3.91. The molecule has 0 aliphatic rings. The van der Waals surface area contributed by atoms with Crippen molar-refractivity contribution in [2.24, 2.45) is 0 Å². The van der Waals surface area contributed by atoms with Crippen LogP contribution >= 0.6 is 52.6 Å². The van der Waals surface area contributed by atoms with E-state index in [0.29, 0.717) is 0 Å². The molecular weight excluding hydrogens is 818 g/mol. The Morgan fingerprint density at radius 2 is 0.733 bits per heavy atom.